The second-order valence-corrected chi connectivity index (χ2v) is 5.18. The van der Waals surface area contributed by atoms with Gasteiger partial charge in [-0.15, -0.1) is 0 Å². The number of carbonyl (C=O) groups is 1. The molecular formula is C16H12O6. The Morgan fingerprint density at radius 3 is 2.68 bits per heavy atom. The van der Waals surface area contributed by atoms with Gasteiger partial charge < -0.3 is 24.4 Å². The van der Waals surface area contributed by atoms with E-state index < -0.39 is 6.10 Å². The monoisotopic (exact) mass is 300 g/mol. The van der Waals surface area contributed by atoms with Gasteiger partial charge in [0.05, 0.1) is 6.42 Å². The van der Waals surface area contributed by atoms with Crippen LogP contribution >= 0.6 is 0 Å². The molecular weight excluding hydrogens is 288 g/mol. The van der Waals surface area contributed by atoms with Gasteiger partial charge in [-0.25, -0.2) is 0 Å². The summed E-state index contributed by atoms with van der Waals surface area (Å²) in [6, 6.07) is 7.79. The lowest BCUT2D eigenvalue weighted by atomic mass is 9.95. The van der Waals surface area contributed by atoms with Crippen LogP contribution in [0.15, 0.2) is 30.3 Å². The summed E-state index contributed by atoms with van der Waals surface area (Å²) in [5.74, 6) is 0.775. The highest BCUT2D eigenvalue weighted by Gasteiger charge is 2.31. The number of ether oxygens (including phenoxy) is 3. The fraction of sp³-hybridized carbons (Fsp3) is 0.188. The lowest BCUT2D eigenvalue weighted by Gasteiger charge is -2.26. The largest absolute Gasteiger partial charge is 0.508 e. The fourth-order valence-electron chi connectivity index (χ4n) is 2.72. The quantitative estimate of drug-likeness (QED) is 0.842. The predicted octanol–water partition coefficient (Wildman–Crippen LogP) is 2.53. The molecule has 22 heavy (non-hydrogen) atoms. The number of ketones is 1. The fourth-order valence-corrected chi connectivity index (χ4v) is 2.72. The third-order valence-corrected chi connectivity index (χ3v) is 3.75. The number of hydrogen-bond donors (Lipinski definition) is 2. The molecule has 2 heterocycles. The Morgan fingerprint density at radius 1 is 1.00 bits per heavy atom. The summed E-state index contributed by atoms with van der Waals surface area (Å²) in [5, 5.41) is 19.3. The van der Waals surface area contributed by atoms with Gasteiger partial charge in [-0.3, -0.25) is 4.79 Å². The van der Waals surface area contributed by atoms with E-state index in [1.54, 1.807) is 18.2 Å². The van der Waals surface area contributed by atoms with Crippen molar-refractivity contribution in [2.75, 3.05) is 6.79 Å². The lowest BCUT2D eigenvalue weighted by molar-refractivity contribution is 0.0844. The second kappa shape index (κ2) is 4.56. The molecule has 0 aromatic heterocycles. The second-order valence-electron chi connectivity index (χ2n) is 5.18. The number of hydrogen-bond acceptors (Lipinski definition) is 6. The van der Waals surface area contributed by atoms with Crippen LogP contribution in [-0.4, -0.2) is 22.8 Å². The average Bonchev–Trinajstić information content (AvgIpc) is 2.93. The topological polar surface area (TPSA) is 85.2 Å². The zero-order chi connectivity index (χ0) is 15.3. The van der Waals surface area contributed by atoms with Crippen LogP contribution in [0.5, 0.6) is 28.7 Å². The van der Waals surface area contributed by atoms with Crippen LogP contribution in [0.4, 0.5) is 0 Å². The molecule has 0 unspecified atom stereocenters. The summed E-state index contributed by atoms with van der Waals surface area (Å²) >= 11 is 0. The van der Waals surface area contributed by atoms with Crippen LogP contribution in [0.1, 0.15) is 28.4 Å². The van der Waals surface area contributed by atoms with Crippen LogP contribution in [0, 0.1) is 0 Å². The maximum Gasteiger partial charge on any atom is 0.231 e. The van der Waals surface area contributed by atoms with Crippen molar-refractivity contribution < 1.29 is 29.2 Å². The van der Waals surface area contributed by atoms with Crippen molar-refractivity contribution in [2.45, 2.75) is 12.5 Å². The molecule has 0 saturated carbocycles. The molecule has 0 bridgehead atoms. The SMILES string of the molecule is O=C1C[C@@H](c2ccc3c(c2)OCO3)Oc2cc(O)cc(O)c21. The van der Waals surface area contributed by atoms with Crippen molar-refractivity contribution in [3.05, 3.63) is 41.5 Å². The van der Waals surface area contributed by atoms with E-state index in [-0.39, 0.29) is 41.8 Å². The first-order valence-electron chi connectivity index (χ1n) is 6.77. The highest BCUT2D eigenvalue weighted by Crippen LogP contribution is 2.43. The van der Waals surface area contributed by atoms with Gasteiger partial charge in [0.1, 0.15) is 28.9 Å². The molecule has 2 aromatic carbocycles. The van der Waals surface area contributed by atoms with Crippen molar-refractivity contribution in [3.63, 3.8) is 0 Å². The zero-order valence-corrected chi connectivity index (χ0v) is 11.4. The molecule has 0 saturated heterocycles. The molecule has 0 fully saturated rings. The van der Waals surface area contributed by atoms with E-state index >= 15 is 0 Å². The number of aromatic hydroxyl groups is 2. The van der Waals surface area contributed by atoms with Crippen LogP contribution in [-0.2, 0) is 0 Å². The minimum Gasteiger partial charge on any atom is -0.508 e. The Hall–Kier alpha value is -2.89. The molecule has 0 aliphatic carbocycles. The van der Waals surface area contributed by atoms with E-state index in [0.717, 1.165) is 11.6 Å². The van der Waals surface area contributed by atoms with Crippen molar-refractivity contribution in [2.24, 2.45) is 0 Å². The molecule has 6 heteroatoms. The van der Waals surface area contributed by atoms with Crippen LogP contribution in [0.25, 0.3) is 0 Å². The van der Waals surface area contributed by atoms with E-state index in [4.69, 9.17) is 14.2 Å². The van der Waals surface area contributed by atoms with E-state index in [1.807, 2.05) is 0 Å². The summed E-state index contributed by atoms with van der Waals surface area (Å²) in [6.07, 6.45) is -0.402. The predicted molar refractivity (Wildman–Crippen MR) is 74.7 cm³/mol. The van der Waals surface area contributed by atoms with Gasteiger partial charge in [0.15, 0.2) is 17.3 Å². The molecule has 4 rings (SSSR count). The number of phenolic OH excluding ortho intramolecular Hbond substituents is 2. The summed E-state index contributed by atoms with van der Waals surface area (Å²) < 4.78 is 16.3. The third kappa shape index (κ3) is 1.92. The highest BCUT2D eigenvalue weighted by molar-refractivity contribution is 6.02. The van der Waals surface area contributed by atoms with Gasteiger partial charge in [-0.1, -0.05) is 6.07 Å². The third-order valence-electron chi connectivity index (χ3n) is 3.75. The first-order valence-corrected chi connectivity index (χ1v) is 6.77. The van der Waals surface area contributed by atoms with Crippen molar-refractivity contribution in [1.29, 1.82) is 0 Å². The number of carbonyl (C=O) groups excluding carboxylic acids is 1. The number of Topliss-reactive ketones (excluding diaryl/α,β-unsaturated/α-hetero) is 1. The van der Waals surface area contributed by atoms with Crippen molar-refractivity contribution >= 4 is 5.78 Å². The highest BCUT2D eigenvalue weighted by atomic mass is 16.7. The van der Waals surface area contributed by atoms with E-state index in [0.29, 0.717) is 11.5 Å². The Kier molecular flexibility index (Phi) is 2.66. The molecule has 0 radical (unpaired) electrons. The summed E-state index contributed by atoms with van der Waals surface area (Å²) in [5.41, 5.74) is 0.876. The van der Waals surface area contributed by atoms with Crippen LogP contribution in [0.3, 0.4) is 0 Å². The average molecular weight is 300 g/mol. The molecule has 2 aromatic rings. The Balaban J connectivity index is 1.72. The summed E-state index contributed by atoms with van der Waals surface area (Å²) in [7, 11) is 0. The number of benzene rings is 2. The standard InChI is InChI=1S/C16H12O6/c17-9-4-10(18)16-11(19)6-13(22-15(16)5-9)8-1-2-12-14(3-8)21-7-20-12/h1-5,13,17-18H,6-7H2/t13-/m0/s1. The zero-order valence-electron chi connectivity index (χ0n) is 11.4. The van der Waals surface area contributed by atoms with E-state index in [2.05, 4.69) is 0 Å². The molecule has 1 atom stereocenters. The summed E-state index contributed by atoms with van der Waals surface area (Å²) in [4.78, 5) is 12.3. The molecule has 6 nitrogen and oxygen atoms in total. The maximum atomic E-state index is 12.3. The first kappa shape index (κ1) is 12.8. The van der Waals surface area contributed by atoms with E-state index in [9.17, 15) is 15.0 Å². The molecule has 2 aliphatic rings. The van der Waals surface area contributed by atoms with Gasteiger partial charge in [-0.05, 0) is 17.7 Å². The van der Waals surface area contributed by atoms with Gasteiger partial charge in [-0.2, -0.15) is 0 Å². The molecule has 2 N–H and O–H groups in total. The lowest BCUT2D eigenvalue weighted by Crippen LogP contribution is -2.20. The normalized spacial score (nSPS) is 18.7. The van der Waals surface area contributed by atoms with Crippen LogP contribution < -0.4 is 14.2 Å². The van der Waals surface area contributed by atoms with Crippen molar-refractivity contribution in [1.82, 2.24) is 0 Å². The molecule has 2 aliphatic heterocycles. The van der Waals surface area contributed by atoms with Crippen molar-refractivity contribution in [3.8, 4) is 28.7 Å². The Labute approximate surface area is 125 Å². The number of fused-ring (bicyclic) bond motifs is 2. The van der Waals surface area contributed by atoms with E-state index in [1.165, 1.54) is 6.07 Å². The minimum absolute atomic E-state index is 0.102. The van der Waals surface area contributed by atoms with Gasteiger partial charge in [0, 0.05) is 12.1 Å². The Bertz CT molecular complexity index is 782. The number of rotatable bonds is 1. The Morgan fingerprint density at radius 2 is 1.82 bits per heavy atom. The number of phenols is 2. The summed E-state index contributed by atoms with van der Waals surface area (Å²) in [6.45, 7) is 0.174. The smallest absolute Gasteiger partial charge is 0.231 e. The molecule has 0 amide bonds. The molecule has 112 valence electrons. The minimum atomic E-state index is -0.504. The van der Waals surface area contributed by atoms with Gasteiger partial charge in [0.2, 0.25) is 6.79 Å². The van der Waals surface area contributed by atoms with Crippen LogP contribution in [0.2, 0.25) is 0 Å². The maximum absolute atomic E-state index is 12.3. The van der Waals surface area contributed by atoms with Gasteiger partial charge in [0.25, 0.3) is 0 Å². The van der Waals surface area contributed by atoms with Gasteiger partial charge >= 0.3 is 0 Å². The first-order chi connectivity index (χ1) is 10.6. The molecule has 0 spiro atoms.